The van der Waals surface area contributed by atoms with Gasteiger partial charge in [0.25, 0.3) is 0 Å². The predicted molar refractivity (Wildman–Crippen MR) is 125 cm³/mol. The first-order chi connectivity index (χ1) is 15.0. The SMILES string of the molecule is COc1ccc2c(c1)CC[C@@H]1[C@@H]2CC[C@@]2(C)[C@H]1CC[C@@]2(O)C#CC1(C)CCC(C)(C)N1[O]. The highest BCUT2D eigenvalue weighted by atomic mass is 16.5. The molecular formula is C28H38NO3. The van der Waals surface area contributed by atoms with E-state index in [2.05, 4.69) is 37.0 Å². The average molecular weight is 437 g/mol. The number of aryl methyl sites for hydroxylation is 1. The van der Waals surface area contributed by atoms with Crippen molar-refractivity contribution in [2.24, 2.45) is 17.3 Å². The topological polar surface area (TPSA) is 52.6 Å². The van der Waals surface area contributed by atoms with E-state index < -0.39 is 11.1 Å². The Morgan fingerprint density at radius 3 is 2.50 bits per heavy atom. The van der Waals surface area contributed by atoms with Crippen LogP contribution in [0.5, 0.6) is 5.75 Å². The Kier molecular flexibility index (Phi) is 5.03. The van der Waals surface area contributed by atoms with Crippen molar-refractivity contribution in [2.45, 2.75) is 102 Å². The molecule has 1 saturated heterocycles. The first kappa shape index (κ1) is 22.3. The summed E-state index contributed by atoms with van der Waals surface area (Å²) in [5, 5.41) is 25.9. The number of hydroxylamine groups is 2. The van der Waals surface area contributed by atoms with Crippen LogP contribution in [0, 0.1) is 29.1 Å². The average Bonchev–Trinajstić information content (AvgIpc) is 3.17. The smallest absolute Gasteiger partial charge is 0.131 e. The molecule has 1 heterocycles. The van der Waals surface area contributed by atoms with E-state index in [4.69, 9.17) is 4.74 Å². The lowest BCUT2D eigenvalue weighted by Gasteiger charge is -2.52. The van der Waals surface area contributed by atoms with Crippen molar-refractivity contribution in [3.05, 3.63) is 29.3 Å². The molecule has 1 aliphatic heterocycles. The number of hydrogen-bond donors (Lipinski definition) is 1. The summed E-state index contributed by atoms with van der Waals surface area (Å²) in [5.41, 5.74) is 0.642. The van der Waals surface area contributed by atoms with Gasteiger partial charge in [-0.25, -0.2) is 0 Å². The molecule has 0 aromatic heterocycles. The van der Waals surface area contributed by atoms with Crippen molar-refractivity contribution in [1.82, 2.24) is 5.06 Å². The zero-order chi connectivity index (χ0) is 22.9. The number of rotatable bonds is 1. The fraction of sp³-hybridized carbons (Fsp3) is 0.714. The zero-order valence-corrected chi connectivity index (χ0v) is 20.3. The Balaban J connectivity index is 1.42. The van der Waals surface area contributed by atoms with Crippen LogP contribution in [0.4, 0.5) is 0 Å². The summed E-state index contributed by atoms with van der Waals surface area (Å²) in [4.78, 5) is 0. The van der Waals surface area contributed by atoms with Crippen molar-refractivity contribution in [3.63, 3.8) is 0 Å². The van der Waals surface area contributed by atoms with Gasteiger partial charge in [-0.2, -0.15) is 0 Å². The Morgan fingerprint density at radius 1 is 1.03 bits per heavy atom. The molecule has 1 N–H and O–H groups in total. The van der Waals surface area contributed by atoms with Crippen LogP contribution in [0.2, 0.25) is 0 Å². The molecule has 6 atom stereocenters. The summed E-state index contributed by atoms with van der Waals surface area (Å²) in [6, 6.07) is 6.60. The first-order valence-corrected chi connectivity index (χ1v) is 12.4. The summed E-state index contributed by atoms with van der Waals surface area (Å²) in [7, 11) is 1.73. The number of nitrogens with zero attached hydrogens (tertiary/aromatic N) is 1. The van der Waals surface area contributed by atoms with Gasteiger partial charge in [-0.3, -0.25) is 0 Å². The van der Waals surface area contributed by atoms with E-state index in [0.29, 0.717) is 17.8 Å². The van der Waals surface area contributed by atoms with Crippen molar-refractivity contribution >= 4 is 0 Å². The van der Waals surface area contributed by atoms with Crippen molar-refractivity contribution in [1.29, 1.82) is 0 Å². The third-order valence-electron chi connectivity index (χ3n) is 9.85. The molecule has 4 aliphatic rings. The molecule has 173 valence electrons. The van der Waals surface area contributed by atoms with E-state index in [-0.39, 0.29) is 11.0 Å². The second kappa shape index (κ2) is 7.23. The molecule has 3 aliphatic carbocycles. The van der Waals surface area contributed by atoms with E-state index in [1.165, 1.54) is 22.6 Å². The quantitative estimate of drug-likeness (QED) is 0.611. The summed E-state index contributed by atoms with van der Waals surface area (Å²) in [6.45, 7) is 8.21. The summed E-state index contributed by atoms with van der Waals surface area (Å²) in [6.07, 6.45) is 7.69. The highest BCUT2D eigenvalue weighted by Gasteiger charge is 2.61. The van der Waals surface area contributed by atoms with Gasteiger partial charge >= 0.3 is 0 Å². The van der Waals surface area contributed by atoms with E-state index in [1.54, 1.807) is 7.11 Å². The van der Waals surface area contributed by atoms with Gasteiger partial charge in [0, 0.05) is 11.0 Å². The minimum Gasteiger partial charge on any atom is -0.497 e. The van der Waals surface area contributed by atoms with Crippen LogP contribution in [0.25, 0.3) is 0 Å². The molecule has 0 spiro atoms. The maximum atomic E-state index is 12.9. The monoisotopic (exact) mass is 436 g/mol. The van der Waals surface area contributed by atoms with Crippen LogP contribution in [-0.2, 0) is 11.6 Å². The normalized spacial score (nSPS) is 42.4. The van der Waals surface area contributed by atoms with Gasteiger partial charge in [-0.05, 0) is 113 Å². The molecule has 4 nitrogen and oxygen atoms in total. The molecule has 0 amide bonds. The largest absolute Gasteiger partial charge is 0.497 e. The van der Waals surface area contributed by atoms with Crippen LogP contribution in [0.1, 0.15) is 89.7 Å². The van der Waals surface area contributed by atoms with Gasteiger partial charge in [0.1, 0.15) is 16.9 Å². The second-order valence-electron chi connectivity index (χ2n) is 12.0. The standard InChI is InChI=1S/C28H38NO3/c1-25(2)14-15-26(3,29(25)31)16-17-28(30)13-11-24-23-8-6-19-18-20(32-5)7-9-21(19)22(23)10-12-27(24,28)4/h7,9,18,22-24,30H,6,8,10-15H2,1-5H3/t22-,23-,24+,26?,27+,28-/m1/s1. The maximum Gasteiger partial charge on any atom is 0.131 e. The molecule has 1 unspecified atom stereocenters. The van der Waals surface area contributed by atoms with Crippen LogP contribution >= 0.6 is 0 Å². The fourth-order valence-corrected chi connectivity index (χ4v) is 7.68. The van der Waals surface area contributed by atoms with Gasteiger partial charge < -0.3 is 9.84 Å². The number of methoxy groups -OCH3 is 1. The number of fused-ring (bicyclic) bond motifs is 5. The molecule has 0 bridgehead atoms. The first-order valence-electron chi connectivity index (χ1n) is 12.4. The number of benzene rings is 1. The molecule has 5 rings (SSSR count). The summed E-state index contributed by atoms with van der Waals surface area (Å²) < 4.78 is 5.45. The number of aliphatic hydroxyl groups is 1. The van der Waals surface area contributed by atoms with Gasteiger partial charge in [0.15, 0.2) is 0 Å². The molecule has 32 heavy (non-hydrogen) atoms. The second-order valence-corrected chi connectivity index (χ2v) is 12.0. The third kappa shape index (κ3) is 3.08. The number of hydrogen-bond acceptors (Lipinski definition) is 3. The lowest BCUT2D eigenvalue weighted by molar-refractivity contribution is -0.234. The van der Waals surface area contributed by atoms with Crippen LogP contribution in [0.15, 0.2) is 18.2 Å². The van der Waals surface area contributed by atoms with Gasteiger partial charge in [0.2, 0.25) is 0 Å². The van der Waals surface area contributed by atoms with Crippen molar-refractivity contribution in [3.8, 4) is 17.6 Å². The van der Waals surface area contributed by atoms with E-state index in [1.807, 2.05) is 20.8 Å². The van der Waals surface area contributed by atoms with Crippen LogP contribution < -0.4 is 4.74 Å². The van der Waals surface area contributed by atoms with E-state index in [9.17, 15) is 10.3 Å². The van der Waals surface area contributed by atoms with Crippen molar-refractivity contribution in [2.75, 3.05) is 7.11 Å². The minimum atomic E-state index is -1.00. The Morgan fingerprint density at radius 2 is 1.81 bits per heavy atom. The Bertz CT molecular complexity index is 977. The highest BCUT2D eigenvalue weighted by molar-refractivity contribution is 5.41. The van der Waals surface area contributed by atoms with Gasteiger partial charge in [0.05, 0.1) is 7.11 Å². The molecule has 4 heteroatoms. The highest BCUT2D eigenvalue weighted by Crippen LogP contribution is 2.64. The van der Waals surface area contributed by atoms with Crippen LogP contribution in [-0.4, -0.2) is 34.0 Å². The molecule has 1 radical (unpaired) electrons. The maximum absolute atomic E-state index is 12.9. The zero-order valence-electron chi connectivity index (χ0n) is 20.3. The summed E-state index contributed by atoms with van der Waals surface area (Å²) in [5.74, 6) is 9.23. The third-order valence-corrected chi connectivity index (χ3v) is 9.85. The lowest BCUT2D eigenvalue weighted by Crippen LogP contribution is -2.51. The molecule has 1 aromatic carbocycles. The minimum absolute atomic E-state index is 0.205. The molecular weight excluding hydrogens is 398 g/mol. The molecule has 2 saturated carbocycles. The summed E-state index contributed by atoms with van der Waals surface area (Å²) >= 11 is 0. The predicted octanol–water partition coefficient (Wildman–Crippen LogP) is 5.26. The van der Waals surface area contributed by atoms with E-state index >= 15 is 0 Å². The Hall–Kier alpha value is -1.54. The Labute approximate surface area is 193 Å². The van der Waals surface area contributed by atoms with Gasteiger partial charge in [-0.15, -0.1) is 10.3 Å². The molecule has 3 fully saturated rings. The number of ether oxygens (including phenoxy) is 1. The fourth-order valence-electron chi connectivity index (χ4n) is 7.68. The lowest BCUT2D eigenvalue weighted by atomic mass is 9.53. The van der Waals surface area contributed by atoms with Crippen molar-refractivity contribution < 1.29 is 15.1 Å². The van der Waals surface area contributed by atoms with E-state index in [0.717, 1.165) is 50.7 Å². The van der Waals surface area contributed by atoms with Gasteiger partial charge in [-0.1, -0.05) is 24.8 Å². The molecule has 1 aromatic rings. The van der Waals surface area contributed by atoms with Crippen LogP contribution in [0.3, 0.4) is 0 Å².